The number of halogens is 1. The Hall–Kier alpha value is -2.75. The van der Waals surface area contributed by atoms with Crippen LogP contribution >= 0.6 is 11.6 Å². The Labute approximate surface area is 190 Å². The molecule has 166 valence electrons. The molecule has 32 heavy (non-hydrogen) atoms. The van der Waals surface area contributed by atoms with Gasteiger partial charge in [-0.2, -0.15) is 9.29 Å². The third-order valence-corrected chi connectivity index (χ3v) is 8.00. The van der Waals surface area contributed by atoms with E-state index in [9.17, 15) is 13.2 Å². The smallest absolute Gasteiger partial charge is 0.243 e. The van der Waals surface area contributed by atoms with Crippen molar-refractivity contribution in [2.45, 2.75) is 30.1 Å². The molecule has 1 aromatic heterocycles. The summed E-state index contributed by atoms with van der Waals surface area (Å²) in [5, 5.41) is 4.60. The first-order valence-corrected chi connectivity index (χ1v) is 12.2. The van der Waals surface area contributed by atoms with Crippen molar-refractivity contribution in [3.8, 4) is 11.4 Å². The van der Waals surface area contributed by atoms with E-state index in [4.69, 9.17) is 16.1 Å². The Morgan fingerprint density at radius 3 is 2.53 bits per heavy atom. The summed E-state index contributed by atoms with van der Waals surface area (Å²) in [6.45, 7) is 1.54. The zero-order chi connectivity index (χ0) is 22.3. The van der Waals surface area contributed by atoms with Crippen LogP contribution in [0.3, 0.4) is 0 Å². The highest BCUT2D eigenvalue weighted by Crippen LogP contribution is 2.33. The normalized spacial score (nSPS) is 19.7. The fourth-order valence-corrected chi connectivity index (χ4v) is 5.84. The van der Waals surface area contributed by atoms with Crippen LogP contribution in [0.4, 0.5) is 5.69 Å². The van der Waals surface area contributed by atoms with E-state index in [1.165, 1.54) is 4.31 Å². The van der Waals surface area contributed by atoms with Crippen LogP contribution in [0.5, 0.6) is 0 Å². The number of hydrogen-bond acceptors (Lipinski definition) is 6. The standard InChI is InChI=1S/C22H21ClN4O4S/c23-17-4-3-5-18(13-17)27-14-16(12-20(27)28)22-24-21(25-31-22)15-6-8-19(9-7-15)32(29,30)26-10-1-2-11-26/h3-9,13,16H,1-2,10-12,14H2. The van der Waals surface area contributed by atoms with Gasteiger partial charge in [0.15, 0.2) is 0 Å². The van der Waals surface area contributed by atoms with Gasteiger partial charge in [-0.1, -0.05) is 22.8 Å². The van der Waals surface area contributed by atoms with Crippen LogP contribution in [-0.2, 0) is 14.8 Å². The van der Waals surface area contributed by atoms with Gasteiger partial charge in [0.05, 0.1) is 10.8 Å². The molecule has 0 aliphatic carbocycles. The van der Waals surface area contributed by atoms with Crippen LogP contribution in [0, 0.1) is 0 Å². The first-order valence-electron chi connectivity index (χ1n) is 10.4. The minimum Gasteiger partial charge on any atom is -0.339 e. The molecule has 3 heterocycles. The Balaban J connectivity index is 1.32. The molecule has 10 heteroatoms. The van der Waals surface area contributed by atoms with Crippen LogP contribution in [0.15, 0.2) is 57.9 Å². The lowest BCUT2D eigenvalue weighted by atomic mass is 10.1. The number of benzene rings is 2. The SMILES string of the molecule is O=C1CC(c2nc(-c3ccc(S(=O)(=O)N4CCCC4)cc3)no2)CN1c1cccc(Cl)c1. The summed E-state index contributed by atoms with van der Waals surface area (Å²) < 4.78 is 32.3. The average molecular weight is 473 g/mol. The van der Waals surface area contributed by atoms with Crippen molar-refractivity contribution in [1.29, 1.82) is 0 Å². The number of carbonyl (C=O) groups is 1. The topological polar surface area (TPSA) is 96.6 Å². The molecule has 3 aromatic rings. The molecule has 2 aliphatic heterocycles. The second kappa shape index (κ2) is 8.31. The number of aromatic nitrogens is 2. The maximum absolute atomic E-state index is 12.7. The number of anilines is 1. The number of amides is 1. The second-order valence-electron chi connectivity index (χ2n) is 7.98. The molecule has 2 saturated heterocycles. The minimum atomic E-state index is -3.47. The van der Waals surface area contributed by atoms with E-state index >= 15 is 0 Å². The van der Waals surface area contributed by atoms with Gasteiger partial charge in [-0.05, 0) is 55.3 Å². The summed E-state index contributed by atoms with van der Waals surface area (Å²) in [6.07, 6.45) is 2.05. The molecule has 1 amide bonds. The molecular formula is C22H21ClN4O4S. The molecule has 0 N–H and O–H groups in total. The molecule has 1 atom stereocenters. The van der Waals surface area contributed by atoms with Gasteiger partial charge in [0.1, 0.15) is 0 Å². The molecule has 0 spiro atoms. The summed E-state index contributed by atoms with van der Waals surface area (Å²) in [6, 6.07) is 13.6. The number of hydrogen-bond donors (Lipinski definition) is 0. The predicted molar refractivity (Wildman–Crippen MR) is 119 cm³/mol. The van der Waals surface area contributed by atoms with E-state index in [-0.39, 0.29) is 23.1 Å². The third kappa shape index (κ3) is 3.92. The van der Waals surface area contributed by atoms with Crippen molar-refractivity contribution in [2.75, 3.05) is 24.5 Å². The van der Waals surface area contributed by atoms with Crippen LogP contribution in [0.25, 0.3) is 11.4 Å². The van der Waals surface area contributed by atoms with Gasteiger partial charge < -0.3 is 9.42 Å². The lowest BCUT2D eigenvalue weighted by Crippen LogP contribution is -2.27. The molecule has 1 unspecified atom stereocenters. The highest BCUT2D eigenvalue weighted by atomic mass is 35.5. The number of sulfonamides is 1. The second-order valence-corrected chi connectivity index (χ2v) is 10.4. The maximum atomic E-state index is 12.7. The first kappa shape index (κ1) is 21.1. The van der Waals surface area contributed by atoms with Crippen molar-refractivity contribution in [3.63, 3.8) is 0 Å². The summed E-state index contributed by atoms with van der Waals surface area (Å²) in [7, 11) is -3.47. The monoisotopic (exact) mass is 472 g/mol. The van der Waals surface area contributed by atoms with Gasteiger partial charge in [-0.3, -0.25) is 4.79 Å². The molecule has 5 rings (SSSR count). The molecule has 0 bridgehead atoms. The van der Waals surface area contributed by atoms with Crippen LogP contribution in [0.2, 0.25) is 5.02 Å². The van der Waals surface area contributed by atoms with Gasteiger partial charge in [0.25, 0.3) is 0 Å². The summed E-state index contributed by atoms with van der Waals surface area (Å²) in [5.41, 5.74) is 1.39. The largest absolute Gasteiger partial charge is 0.339 e. The summed E-state index contributed by atoms with van der Waals surface area (Å²) >= 11 is 6.05. The van der Waals surface area contributed by atoms with Crippen LogP contribution < -0.4 is 4.90 Å². The Bertz CT molecular complexity index is 1250. The van der Waals surface area contributed by atoms with Crippen molar-refractivity contribution in [1.82, 2.24) is 14.4 Å². The van der Waals surface area contributed by atoms with Crippen molar-refractivity contribution in [3.05, 3.63) is 59.4 Å². The lowest BCUT2D eigenvalue weighted by molar-refractivity contribution is -0.117. The van der Waals surface area contributed by atoms with Crippen molar-refractivity contribution >= 4 is 33.2 Å². The average Bonchev–Trinajstić information content (AvgIpc) is 3.54. The fraction of sp³-hybridized carbons (Fsp3) is 0.318. The first-order chi connectivity index (χ1) is 15.4. The van der Waals surface area contributed by atoms with E-state index in [1.54, 1.807) is 47.4 Å². The highest BCUT2D eigenvalue weighted by molar-refractivity contribution is 7.89. The predicted octanol–water partition coefficient (Wildman–Crippen LogP) is 3.70. The van der Waals surface area contributed by atoms with E-state index in [1.807, 2.05) is 6.07 Å². The van der Waals surface area contributed by atoms with Gasteiger partial charge in [0.2, 0.25) is 27.6 Å². The zero-order valence-corrected chi connectivity index (χ0v) is 18.7. The van der Waals surface area contributed by atoms with E-state index < -0.39 is 10.0 Å². The van der Waals surface area contributed by atoms with E-state index in [0.717, 1.165) is 18.5 Å². The Kier molecular flexibility index (Phi) is 5.48. The molecule has 2 fully saturated rings. The van der Waals surface area contributed by atoms with Crippen molar-refractivity contribution < 1.29 is 17.7 Å². The van der Waals surface area contributed by atoms with Crippen LogP contribution in [-0.4, -0.2) is 48.4 Å². The Morgan fingerprint density at radius 2 is 1.81 bits per heavy atom. The zero-order valence-electron chi connectivity index (χ0n) is 17.1. The van der Waals surface area contributed by atoms with Crippen LogP contribution in [0.1, 0.15) is 31.1 Å². The van der Waals surface area contributed by atoms with Gasteiger partial charge >= 0.3 is 0 Å². The molecule has 8 nitrogen and oxygen atoms in total. The number of rotatable bonds is 5. The Morgan fingerprint density at radius 1 is 1.06 bits per heavy atom. The molecule has 2 aromatic carbocycles. The fourth-order valence-electron chi connectivity index (χ4n) is 4.14. The van der Waals surface area contributed by atoms with E-state index in [0.29, 0.717) is 41.9 Å². The summed E-state index contributed by atoms with van der Waals surface area (Å²) in [5.74, 6) is 0.483. The van der Waals surface area contributed by atoms with E-state index in [2.05, 4.69) is 10.1 Å². The quantitative estimate of drug-likeness (QED) is 0.561. The number of carbonyl (C=O) groups excluding carboxylic acids is 1. The summed E-state index contributed by atoms with van der Waals surface area (Å²) in [4.78, 5) is 18.9. The highest BCUT2D eigenvalue weighted by Gasteiger charge is 2.35. The van der Waals surface area contributed by atoms with Gasteiger partial charge in [-0.15, -0.1) is 0 Å². The third-order valence-electron chi connectivity index (χ3n) is 5.85. The van der Waals surface area contributed by atoms with Gasteiger partial charge in [0, 0.05) is 42.3 Å². The maximum Gasteiger partial charge on any atom is 0.243 e. The lowest BCUT2D eigenvalue weighted by Gasteiger charge is -2.16. The minimum absolute atomic E-state index is 0.0338. The van der Waals surface area contributed by atoms with Crippen molar-refractivity contribution in [2.24, 2.45) is 0 Å². The molecular weight excluding hydrogens is 452 g/mol. The molecule has 0 saturated carbocycles. The number of nitrogens with zero attached hydrogens (tertiary/aromatic N) is 4. The molecule has 0 radical (unpaired) electrons. The molecule has 2 aliphatic rings. The van der Waals surface area contributed by atoms with Gasteiger partial charge in [-0.25, -0.2) is 8.42 Å².